The van der Waals surface area contributed by atoms with Gasteiger partial charge in [0.15, 0.2) is 0 Å². The molecule has 0 amide bonds. The maximum Gasteiger partial charge on any atom is 0.0652 e. The zero-order valence-electron chi connectivity index (χ0n) is 10.7. The molecule has 1 aromatic heterocycles. The van der Waals surface area contributed by atoms with Crippen molar-refractivity contribution in [3.63, 3.8) is 0 Å². The third kappa shape index (κ3) is 2.02. The molecule has 2 rings (SSSR count). The molecule has 0 radical (unpaired) electrons. The molecule has 1 fully saturated rings. The minimum atomic E-state index is 0.254. The van der Waals surface area contributed by atoms with Crippen molar-refractivity contribution in [1.29, 1.82) is 0 Å². The average Bonchev–Trinajstić information content (AvgIpc) is 2.63. The summed E-state index contributed by atoms with van der Waals surface area (Å²) in [6.07, 6.45) is 5.77. The molecule has 0 spiro atoms. The first-order valence-corrected chi connectivity index (χ1v) is 5.91. The first-order valence-electron chi connectivity index (χ1n) is 5.91. The quantitative estimate of drug-likeness (QED) is 0.842. The first kappa shape index (κ1) is 11.7. The van der Waals surface area contributed by atoms with Crippen LogP contribution < -0.4 is 5.32 Å². The van der Waals surface area contributed by atoms with E-state index in [9.17, 15) is 0 Å². The number of hydrogen-bond acceptors (Lipinski definition) is 2. The lowest BCUT2D eigenvalue weighted by Gasteiger charge is -2.51. The molecule has 2 atom stereocenters. The Balaban J connectivity index is 1.84. The highest BCUT2D eigenvalue weighted by Crippen LogP contribution is 2.42. The second kappa shape index (κ2) is 4.22. The van der Waals surface area contributed by atoms with E-state index in [2.05, 4.69) is 49.2 Å². The van der Waals surface area contributed by atoms with Crippen LogP contribution >= 0.6 is 0 Å². The third-order valence-corrected chi connectivity index (χ3v) is 3.91. The number of nitrogens with zero attached hydrogens (tertiary/aromatic N) is 1. The molecular formula is C13H22N2O. The van der Waals surface area contributed by atoms with Gasteiger partial charge in [-0.1, -0.05) is 13.8 Å². The summed E-state index contributed by atoms with van der Waals surface area (Å²) < 4.78 is 7.53. The molecule has 1 aliphatic carbocycles. The highest BCUT2D eigenvalue weighted by molar-refractivity contribution is 5.11. The van der Waals surface area contributed by atoms with Gasteiger partial charge in [-0.3, -0.25) is 0 Å². The number of aromatic nitrogens is 1. The van der Waals surface area contributed by atoms with Crippen molar-refractivity contribution in [2.45, 2.75) is 39.0 Å². The lowest BCUT2D eigenvalue weighted by atomic mass is 9.64. The van der Waals surface area contributed by atoms with Crippen molar-refractivity contribution in [3.8, 4) is 0 Å². The second-order valence-corrected chi connectivity index (χ2v) is 5.40. The number of nitrogens with one attached hydrogen (secondary N) is 1. The van der Waals surface area contributed by atoms with E-state index in [1.807, 2.05) is 0 Å². The molecule has 1 N–H and O–H groups in total. The van der Waals surface area contributed by atoms with E-state index in [0.29, 0.717) is 12.1 Å². The Labute approximate surface area is 97.8 Å². The summed E-state index contributed by atoms with van der Waals surface area (Å²) in [5.41, 5.74) is 1.60. The standard InChI is InChI=1S/C13H22N2O/c1-13(2)11(7-12(13)16-4)14-8-10-5-6-15(3)9-10/h5-6,9,11-12,14H,7-8H2,1-4H3. The summed E-state index contributed by atoms with van der Waals surface area (Å²) in [5.74, 6) is 0. The van der Waals surface area contributed by atoms with Gasteiger partial charge in [0.25, 0.3) is 0 Å². The number of ether oxygens (including phenoxy) is 1. The lowest BCUT2D eigenvalue weighted by molar-refractivity contribution is -0.0979. The molecule has 1 aliphatic rings. The van der Waals surface area contributed by atoms with Crippen LogP contribution in [-0.2, 0) is 18.3 Å². The summed E-state index contributed by atoms with van der Waals surface area (Å²) >= 11 is 0. The molecule has 3 nitrogen and oxygen atoms in total. The maximum absolute atomic E-state index is 5.44. The van der Waals surface area contributed by atoms with Crippen molar-refractivity contribution in [2.24, 2.45) is 12.5 Å². The van der Waals surface area contributed by atoms with Crippen LogP contribution in [0, 0.1) is 5.41 Å². The number of rotatable bonds is 4. The van der Waals surface area contributed by atoms with E-state index in [1.54, 1.807) is 7.11 Å². The van der Waals surface area contributed by atoms with Crippen molar-refractivity contribution >= 4 is 0 Å². The number of aryl methyl sites for hydroxylation is 1. The predicted octanol–water partition coefficient (Wildman–Crippen LogP) is 1.93. The monoisotopic (exact) mass is 222 g/mol. The fourth-order valence-corrected chi connectivity index (χ4v) is 2.54. The van der Waals surface area contributed by atoms with Gasteiger partial charge < -0.3 is 14.6 Å². The first-order chi connectivity index (χ1) is 7.54. The summed E-state index contributed by atoms with van der Waals surface area (Å²) in [7, 11) is 3.86. The predicted molar refractivity (Wildman–Crippen MR) is 65.2 cm³/mol. The van der Waals surface area contributed by atoms with Crippen LogP contribution in [0.4, 0.5) is 0 Å². The van der Waals surface area contributed by atoms with E-state index in [1.165, 1.54) is 5.56 Å². The molecule has 0 bridgehead atoms. The molecule has 1 aromatic rings. The second-order valence-electron chi connectivity index (χ2n) is 5.40. The molecular weight excluding hydrogens is 200 g/mol. The van der Waals surface area contributed by atoms with E-state index < -0.39 is 0 Å². The minimum Gasteiger partial charge on any atom is -0.381 e. The SMILES string of the molecule is COC1CC(NCc2ccn(C)c2)C1(C)C. The fraction of sp³-hybridized carbons (Fsp3) is 0.692. The van der Waals surface area contributed by atoms with Crippen LogP contribution in [0.5, 0.6) is 0 Å². The summed E-state index contributed by atoms with van der Waals surface area (Å²) in [4.78, 5) is 0. The molecule has 90 valence electrons. The van der Waals surface area contributed by atoms with Gasteiger partial charge in [0.1, 0.15) is 0 Å². The minimum absolute atomic E-state index is 0.254. The zero-order valence-corrected chi connectivity index (χ0v) is 10.7. The van der Waals surface area contributed by atoms with Crippen molar-refractivity contribution < 1.29 is 4.74 Å². The normalized spacial score (nSPS) is 27.8. The van der Waals surface area contributed by atoms with Crippen LogP contribution in [0.2, 0.25) is 0 Å². The van der Waals surface area contributed by atoms with Crippen molar-refractivity contribution in [1.82, 2.24) is 9.88 Å². The number of methoxy groups -OCH3 is 1. The Hall–Kier alpha value is -0.800. The van der Waals surface area contributed by atoms with Crippen LogP contribution in [0.1, 0.15) is 25.8 Å². The largest absolute Gasteiger partial charge is 0.381 e. The highest BCUT2D eigenvalue weighted by atomic mass is 16.5. The fourth-order valence-electron chi connectivity index (χ4n) is 2.54. The number of hydrogen-bond donors (Lipinski definition) is 1. The lowest BCUT2D eigenvalue weighted by Crippen LogP contribution is -2.60. The topological polar surface area (TPSA) is 26.2 Å². The van der Waals surface area contributed by atoms with Gasteiger partial charge in [-0.25, -0.2) is 0 Å². The van der Waals surface area contributed by atoms with Crippen molar-refractivity contribution in [2.75, 3.05) is 7.11 Å². The Kier molecular flexibility index (Phi) is 3.08. The molecule has 0 saturated heterocycles. The van der Waals surface area contributed by atoms with Gasteiger partial charge in [0.2, 0.25) is 0 Å². The van der Waals surface area contributed by atoms with E-state index in [-0.39, 0.29) is 5.41 Å². The molecule has 1 heterocycles. The molecule has 1 saturated carbocycles. The molecule has 0 aliphatic heterocycles. The van der Waals surface area contributed by atoms with Crippen LogP contribution in [0.3, 0.4) is 0 Å². The van der Waals surface area contributed by atoms with Gasteiger partial charge in [0.05, 0.1) is 6.10 Å². The molecule has 16 heavy (non-hydrogen) atoms. The van der Waals surface area contributed by atoms with Crippen LogP contribution in [-0.4, -0.2) is 23.8 Å². The molecule has 3 heteroatoms. The van der Waals surface area contributed by atoms with E-state index in [4.69, 9.17) is 4.74 Å². The molecule has 2 unspecified atom stereocenters. The smallest absolute Gasteiger partial charge is 0.0652 e. The van der Waals surface area contributed by atoms with Gasteiger partial charge in [-0.05, 0) is 18.1 Å². The zero-order chi connectivity index (χ0) is 11.8. The van der Waals surface area contributed by atoms with Crippen LogP contribution in [0.25, 0.3) is 0 Å². The Bertz CT molecular complexity index is 357. The average molecular weight is 222 g/mol. The maximum atomic E-state index is 5.44. The Morgan fingerprint density at radius 1 is 1.56 bits per heavy atom. The Morgan fingerprint density at radius 3 is 2.81 bits per heavy atom. The van der Waals surface area contributed by atoms with E-state index >= 15 is 0 Å². The van der Waals surface area contributed by atoms with E-state index in [0.717, 1.165) is 13.0 Å². The van der Waals surface area contributed by atoms with Gasteiger partial charge in [0, 0.05) is 44.6 Å². The van der Waals surface area contributed by atoms with Gasteiger partial charge in [-0.2, -0.15) is 0 Å². The summed E-state index contributed by atoms with van der Waals surface area (Å²) in [6, 6.07) is 2.73. The van der Waals surface area contributed by atoms with Gasteiger partial charge in [-0.15, -0.1) is 0 Å². The van der Waals surface area contributed by atoms with Crippen molar-refractivity contribution in [3.05, 3.63) is 24.0 Å². The highest BCUT2D eigenvalue weighted by Gasteiger charge is 2.48. The van der Waals surface area contributed by atoms with Gasteiger partial charge >= 0.3 is 0 Å². The molecule has 0 aromatic carbocycles. The summed E-state index contributed by atoms with van der Waals surface area (Å²) in [5, 5.41) is 3.61. The summed E-state index contributed by atoms with van der Waals surface area (Å²) in [6.45, 7) is 5.49. The third-order valence-electron chi connectivity index (χ3n) is 3.91. The van der Waals surface area contributed by atoms with Crippen LogP contribution in [0.15, 0.2) is 18.5 Å². The Morgan fingerprint density at radius 2 is 2.31 bits per heavy atom.